The number of hydrogen-bond donors (Lipinski definition) is 0. The Morgan fingerprint density at radius 2 is 1.93 bits per heavy atom. The van der Waals surface area contributed by atoms with E-state index in [1.54, 1.807) is 24.5 Å². The van der Waals surface area contributed by atoms with E-state index in [1.165, 1.54) is 30.7 Å². The van der Waals surface area contributed by atoms with Crippen LogP contribution in [0.25, 0.3) is 11.4 Å². The lowest BCUT2D eigenvalue weighted by Gasteiger charge is -2.35. The maximum atomic E-state index is 12.8. The second kappa shape index (κ2) is 7.21. The summed E-state index contributed by atoms with van der Waals surface area (Å²) in [5, 5.41) is 3.95. The van der Waals surface area contributed by atoms with Crippen LogP contribution in [0.3, 0.4) is 0 Å². The third-order valence-corrected chi connectivity index (χ3v) is 6.38. The normalized spacial score (nSPS) is 15.2. The number of aromatic nitrogens is 3. The van der Waals surface area contributed by atoms with Crippen LogP contribution in [0.15, 0.2) is 52.1 Å². The zero-order valence-corrected chi connectivity index (χ0v) is 16.1. The highest BCUT2D eigenvalue weighted by molar-refractivity contribution is 7.89. The molecule has 1 saturated heterocycles. The number of rotatable bonds is 6. The van der Waals surface area contributed by atoms with E-state index in [9.17, 15) is 8.42 Å². The molecule has 1 aliphatic rings. The molecule has 4 rings (SSSR count). The summed E-state index contributed by atoms with van der Waals surface area (Å²) in [5.74, 6) is 1.53. The minimum absolute atomic E-state index is 0.144. The van der Waals surface area contributed by atoms with Gasteiger partial charge in [-0.2, -0.15) is 9.29 Å². The van der Waals surface area contributed by atoms with Gasteiger partial charge in [-0.25, -0.2) is 8.42 Å². The van der Waals surface area contributed by atoms with Crippen molar-refractivity contribution < 1.29 is 22.4 Å². The van der Waals surface area contributed by atoms with Crippen LogP contribution in [-0.4, -0.2) is 55.2 Å². The number of ether oxygens (including phenoxy) is 2. The smallest absolute Gasteiger partial charge is 0.243 e. The van der Waals surface area contributed by atoms with Crippen molar-refractivity contribution in [1.82, 2.24) is 19.4 Å². The molecule has 1 aromatic carbocycles. The molecule has 0 amide bonds. The quantitative estimate of drug-likeness (QED) is 0.616. The fourth-order valence-electron chi connectivity index (χ4n) is 2.93. The summed E-state index contributed by atoms with van der Waals surface area (Å²) in [5.41, 5.74) is 0.742. The monoisotopic (exact) mass is 402 g/mol. The van der Waals surface area contributed by atoms with Crippen molar-refractivity contribution in [3.63, 3.8) is 0 Å². The Kier molecular flexibility index (Phi) is 4.73. The fourth-order valence-corrected chi connectivity index (χ4v) is 4.48. The maximum absolute atomic E-state index is 12.8. The van der Waals surface area contributed by atoms with E-state index in [0.29, 0.717) is 23.2 Å². The molecule has 2 aromatic heterocycles. The zero-order chi connectivity index (χ0) is 19.7. The summed E-state index contributed by atoms with van der Waals surface area (Å²) in [6, 6.07) is 8.13. The average Bonchev–Trinajstić information content (AvgIpc) is 3.16. The van der Waals surface area contributed by atoms with Gasteiger partial charge in [0.05, 0.1) is 25.0 Å². The Bertz CT molecular complexity index is 1080. The van der Waals surface area contributed by atoms with Crippen LogP contribution in [0.1, 0.15) is 11.8 Å². The molecule has 0 aliphatic carbocycles. The molecule has 3 heterocycles. The van der Waals surface area contributed by atoms with E-state index in [-0.39, 0.29) is 23.9 Å². The molecule has 28 heavy (non-hydrogen) atoms. The topological polar surface area (TPSA) is 108 Å². The van der Waals surface area contributed by atoms with E-state index in [4.69, 9.17) is 14.0 Å². The number of hydrogen-bond acceptors (Lipinski definition) is 8. The highest BCUT2D eigenvalue weighted by atomic mass is 32.2. The van der Waals surface area contributed by atoms with Crippen LogP contribution in [0.4, 0.5) is 0 Å². The van der Waals surface area contributed by atoms with Gasteiger partial charge in [-0.3, -0.25) is 4.98 Å². The highest BCUT2D eigenvalue weighted by Gasteiger charge is 2.40. The summed E-state index contributed by atoms with van der Waals surface area (Å²) >= 11 is 0. The molecule has 1 aliphatic heterocycles. The Hall–Kier alpha value is -2.98. The Morgan fingerprint density at radius 1 is 1.14 bits per heavy atom. The van der Waals surface area contributed by atoms with Gasteiger partial charge in [0.1, 0.15) is 0 Å². The van der Waals surface area contributed by atoms with Crippen molar-refractivity contribution in [1.29, 1.82) is 0 Å². The van der Waals surface area contributed by atoms with Crippen molar-refractivity contribution in [2.24, 2.45) is 0 Å². The van der Waals surface area contributed by atoms with Crippen LogP contribution < -0.4 is 9.47 Å². The molecule has 146 valence electrons. The van der Waals surface area contributed by atoms with E-state index in [2.05, 4.69) is 15.1 Å². The predicted molar refractivity (Wildman–Crippen MR) is 98.6 cm³/mol. The zero-order valence-electron chi connectivity index (χ0n) is 15.3. The largest absolute Gasteiger partial charge is 0.493 e. The third kappa shape index (κ3) is 3.20. The molecule has 1 fully saturated rings. The summed E-state index contributed by atoms with van der Waals surface area (Å²) in [4.78, 5) is 8.53. The van der Waals surface area contributed by atoms with E-state index >= 15 is 0 Å². The van der Waals surface area contributed by atoms with Gasteiger partial charge in [-0.15, -0.1) is 0 Å². The van der Waals surface area contributed by atoms with Crippen molar-refractivity contribution in [3.8, 4) is 22.9 Å². The molecule has 0 N–H and O–H groups in total. The predicted octanol–water partition coefficient (Wildman–Crippen LogP) is 1.94. The van der Waals surface area contributed by atoms with Gasteiger partial charge in [0.15, 0.2) is 11.5 Å². The van der Waals surface area contributed by atoms with Gasteiger partial charge >= 0.3 is 0 Å². The van der Waals surface area contributed by atoms with Crippen LogP contribution >= 0.6 is 0 Å². The van der Waals surface area contributed by atoms with Crippen LogP contribution in [0.5, 0.6) is 11.5 Å². The van der Waals surface area contributed by atoms with Gasteiger partial charge in [-0.05, 0) is 24.3 Å². The molecule has 0 saturated carbocycles. The van der Waals surface area contributed by atoms with Crippen LogP contribution in [0.2, 0.25) is 0 Å². The number of pyridine rings is 1. The minimum Gasteiger partial charge on any atom is -0.493 e. The molecular formula is C18H18N4O5S. The van der Waals surface area contributed by atoms with E-state index in [1.807, 2.05) is 6.07 Å². The lowest BCUT2D eigenvalue weighted by atomic mass is 10.0. The van der Waals surface area contributed by atoms with Crippen LogP contribution in [0, 0.1) is 0 Å². The Morgan fingerprint density at radius 3 is 2.61 bits per heavy atom. The first-order valence-corrected chi connectivity index (χ1v) is 9.93. The first-order chi connectivity index (χ1) is 13.5. The van der Waals surface area contributed by atoms with Gasteiger partial charge < -0.3 is 14.0 Å². The first kappa shape index (κ1) is 18.4. The molecule has 9 nitrogen and oxygen atoms in total. The molecular weight excluding hydrogens is 384 g/mol. The van der Waals surface area contributed by atoms with Gasteiger partial charge in [0.2, 0.25) is 21.7 Å². The molecule has 0 unspecified atom stereocenters. The third-order valence-electron chi connectivity index (χ3n) is 4.55. The molecule has 0 bridgehead atoms. The number of sulfonamides is 1. The van der Waals surface area contributed by atoms with Crippen molar-refractivity contribution in [2.75, 3.05) is 27.3 Å². The Balaban J connectivity index is 1.48. The van der Waals surface area contributed by atoms with Crippen LogP contribution in [-0.2, 0) is 10.0 Å². The fraction of sp³-hybridized carbons (Fsp3) is 0.278. The van der Waals surface area contributed by atoms with E-state index in [0.717, 1.165) is 5.56 Å². The SMILES string of the molecule is COc1ccc(S(=O)(=O)N2CC(c3nc(-c4cccnc4)no3)C2)cc1OC. The average molecular weight is 402 g/mol. The van der Waals surface area contributed by atoms with Gasteiger partial charge in [-0.1, -0.05) is 5.16 Å². The lowest BCUT2D eigenvalue weighted by Crippen LogP contribution is -2.48. The Labute approximate surface area is 162 Å². The molecule has 10 heteroatoms. The molecule has 0 spiro atoms. The molecule has 0 radical (unpaired) electrons. The summed E-state index contributed by atoms with van der Waals surface area (Å²) in [6.07, 6.45) is 3.30. The van der Waals surface area contributed by atoms with Crippen molar-refractivity contribution in [2.45, 2.75) is 10.8 Å². The van der Waals surface area contributed by atoms with Crippen molar-refractivity contribution in [3.05, 3.63) is 48.6 Å². The lowest BCUT2D eigenvalue weighted by molar-refractivity contribution is 0.216. The number of benzene rings is 1. The van der Waals surface area contributed by atoms with E-state index < -0.39 is 10.0 Å². The standard InChI is InChI=1S/C18H18N4O5S/c1-25-15-6-5-14(8-16(15)26-2)28(23,24)22-10-13(11-22)18-20-17(21-27-18)12-4-3-7-19-9-12/h3-9,13H,10-11H2,1-2H3. The highest BCUT2D eigenvalue weighted by Crippen LogP contribution is 2.35. The molecule has 3 aromatic rings. The maximum Gasteiger partial charge on any atom is 0.243 e. The van der Waals surface area contributed by atoms with Gasteiger partial charge in [0.25, 0.3) is 0 Å². The summed E-state index contributed by atoms with van der Waals surface area (Å²) in [7, 11) is -0.690. The molecule has 0 atom stereocenters. The summed E-state index contributed by atoms with van der Waals surface area (Å²) in [6.45, 7) is 0.538. The first-order valence-electron chi connectivity index (χ1n) is 8.49. The second-order valence-corrected chi connectivity index (χ2v) is 8.17. The number of methoxy groups -OCH3 is 2. The van der Waals surface area contributed by atoms with Crippen molar-refractivity contribution >= 4 is 10.0 Å². The number of nitrogens with zero attached hydrogens (tertiary/aromatic N) is 4. The summed E-state index contributed by atoms with van der Waals surface area (Å²) < 4.78 is 42.7. The minimum atomic E-state index is -3.65. The van der Waals surface area contributed by atoms with Gasteiger partial charge in [0, 0.05) is 37.1 Å². The second-order valence-electron chi connectivity index (χ2n) is 6.23.